The molecule has 2 aliphatic rings. The van der Waals surface area contributed by atoms with Crippen molar-refractivity contribution in [1.82, 2.24) is 5.32 Å². The van der Waals surface area contributed by atoms with Gasteiger partial charge in [-0.1, -0.05) is 31.4 Å². The highest BCUT2D eigenvalue weighted by molar-refractivity contribution is 5.12. The fourth-order valence-corrected chi connectivity index (χ4v) is 3.59. The van der Waals surface area contributed by atoms with Gasteiger partial charge in [0.05, 0.1) is 0 Å². The molecule has 0 amide bonds. The average molecular weight is 235 g/mol. The summed E-state index contributed by atoms with van der Waals surface area (Å²) >= 11 is 0. The SMILES string of the molecule is CCCNCC(C1=CCCCC1)C1CCCC1. The fraction of sp³-hybridized carbons (Fsp3) is 0.875. The molecule has 1 heteroatoms. The van der Waals surface area contributed by atoms with Gasteiger partial charge in [-0.15, -0.1) is 0 Å². The molecule has 0 radical (unpaired) electrons. The minimum Gasteiger partial charge on any atom is -0.316 e. The molecule has 0 bridgehead atoms. The van der Waals surface area contributed by atoms with Crippen LogP contribution < -0.4 is 5.32 Å². The van der Waals surface area contributed by atoms with Crippen LogP contribution in [0.15, 0.2) is 11.6 Å². The summed E-state index contributed by atoms with van der Waals surface area (Å²) < 4.78 is 0. The van der Waals surface area contributed by atoms with Crippen molar-refractivity contribution in [1.29, 1.82) is 0 Å². The van der Waals surface area contributed by atoms with Crippen LogP contribution in [0.4, 0.5) is 0 Å². The summed E-state index contributed by atoms with van der Waals surface area (Å²) in [5.41, 5.74) is 1.80. The van der Waals surface area contributed by atoms with E-state index in [2.05, 4.69) is 18.3 Å². The largest absolute Gasteiger partial charge is 0.316 e. The van der Waals surface area contributed by atoms with Crippen LogP contribution in [0.5, 0.6) is 0 Å². The summed E-state index contributed by atoms with van der Waals surface area (Å²) in [6, 6.07) is 0. The third-order valence-electron chi connectivity index (χ3n) is 4.56. The Balaban J connectivity index is 1.92. The van der Waals surface area contributed by atoms with Gasteiger partial charge in [0.2, 0.25) is 0 Å². The average Bonchev–Trinajstić information content (AvgIpc) is 2.89. The summed E-state index contributed by atoms with van der Waals surface area (Å²) in [7, 11) is 0. The van der Waals surface area contributed by atoms with Crippen molar-refractivity contribution in [2.75, 3.05) is 13.1 Å². The Bertz CT molecular complexity index is 238. The van der Waals surface area contributed by atoms with Gasteiger partial charge < -0.3 is 5.32 Å². The molecule has 1 nitrogen and oxygen atoms in total. The summed E-state index contributed by atoms with van der Waals surface area (Å²) in [4.78, 5) is 0. The van der Waals surface area contributed by atoms with Gasteiger partial charge in [0, 0.05) is 6.54 Å². The molecule has 0 saturated heterocycles. The smallest absolute Gasteiger partial charge is 0.00195 e. The molecular weight excluding hydrogens is 206 g/mol. The molecule has 0 spiro atoms. The Morgan fingerprint density at radius 2 is 2.06 bits per heavy atom. The van der Waals surface area contributed by atoms with Gasteiger partial charge in [0.25, 0.3) is 0 Å². The third kappa shape index (κ3) is 3.84. The van der Waals surface area contributed by atoms with Crippen LogP contribution in [0.3, 0.4) is 0 Å². The number of hydrogen-bond donors (Lipinski definition) is 1. The van der Waals surface area contributed by atoms with Crippen LogP contribution in [0, 0.1) is 11.8 Å². The molecular formula is C16H29N. The van der Waals surface area contributed by atoms with Crippen molar-refractivity contribution in [3.8, 4) is 0 Å². The molecule has 1 atom stereocenters. The predicted octanol–water partition coefficient (Wildman–Crippen LogP) is 4.29. The van der Waals surface area contributed by atoms with Crippen molar-refractivity contribution in [3.63, 3.8) is 0 Å². The van der Waals surface area contributed by atoms with E-state index in [4.69, 9.17) is 0 Å². The third-order valence-corrected chi connectivity index (χ3v) is 4.56. The number of hydrogen-bond acceptors (Lipinski definition) is 1. The molecule has 1 saturated carbocycles. The fourth-order valence-electron chi connectivity index (χ4n) is 3.59. The topological polar surface area (TPSA) is 12.0 Å². The highest BCUT2D eigenvalue weighted by Crippen LogP contribution is 2.37. The van der Waals surface area contributed by atoms with Crippen molar-refractivity contribution in [2.24, 2.45) is 11.8 Å². The van der Waals surface area contributed by atoms with E-state index < -0.39 is 0 Å². The lowest BCUT2D eigenvalue weighted by Crippen LogP contribution is -2.29. The first-order valence-electron chi connectivity index (χ1n) is 7.81. The first kappa shape index (κ1) is 13.1. The predicted molar refractivity (Wildman–Crippen MR) is 75.2 cm³/mol. The van der Waals surface area contributed by atoms with Crippen LogP contribution >= 0.6 is 0 Å². The summed E-state index contributed by atoms with van der Waals surface area (Å²) in [6.07, 6.45) is 15.3. The van der Waals surface area contributed by atoms with Gasteiger partial charge in [-0.05, 0) is 63.3 Å². The summed E-state index contributed by atoms with van der Waals surface area (Å²) in [5, 5.41) is 3.67. The molecule has 1 unspecified atom stereocenters. The van der Waals surface area contributed by atoms with Crippen LogP contribution in [-0.4, -0.2) is 13.1 Å². The number of allylic oxidation sites excluding steroid dienone is 1. The second-order valence-electron chi connectivity index (χ2n) is 5.88. The minimum atomic E-state index is 0.865. The van der Waals surface area contributed by atoms with Crippen LogP contribution in [0.1, 0.15) is 64.7 Å². The highest BCUT2D eigenvalue weighted by atomic mass is 14.9. The van der Waals surface area contributed by atoms with Gasteiger partial charge in [-0.2, -0.15) is 0 Å². The molecule has 0 aromatic heterocycles. The van der Waals surface area contributed by atoms with E-state index in [1.54, 1.807) is 5.57 Å². The molecule has 1 N–H and O–H groups in total. The molecule has 17 heavy (non-hydrogen) atoms. The van der Waals surface area contributed by atoms with Crippen LogP contribution in [0.2, 0.25) is 0 Å². The Labute approximate surface area is 107 Å². The van der Waals surface area contributed by atoms with E-state index in [1.807, 2.05) is 0 Å². The van der Waals surface area contributed by atoms with E-state index in [1.165, 1.54) is 70.9 Å². The Morgan fingerprint density at radius 3 is 2.71 bits per heavy atom. The standard InChI is InChI=1S/C16H29N/c1-2-12-17-13-16(15-10-6-7-11-15)14-8-4-3-5-9-14/h8,15-17H,2-7,9-13H2,1H3. The van der Waals surface area contributed by atoms with E-state index in [-0.39, 0.29) is 0 Å². The van der Waals surface area contributed by atoms with Crippen molar-refractivity contribution < 1.29 is 0 Å². The Morgan fingerprint density at radius 1 is 1.24 bits per heavy atom. The molecule has 98 valence electrons. The molecule has 1 fully saturated rings. The quantitative estimate of drug-likeness (QED) is 0.535. The maximum atomic E-state index is 3.67. The maximum absolute atomic E-state index is 3.67. The molecule has 0 aliphatic heterocycles. The Hall–Kier alpha value is -0.300. The monoisotopic (exact) mass is 235 g/mol. The normalized spacial score (nSPS) is 23.7. The first-order chi connectivity index (χ1) is 8.42. The zero-order valence-electron chi connectivity index (χ0n) is 11.5. The van der Waals surface area contributed by atoms with Crippen molar-refractivity contribution in [2.45, 2.75) is 64.7 Å². The maximum Gasteiger partial charge on any atom is 0.00195 e. The minimum absolute atomic E-state index is 0.865. The highest BCUT2D eigenvalue weighted by Gasteiger charge is 2.27. The van der Waals surface area contributed by atoms with E-state index in [0.29, 0.717) is 0 Å². The van der Waals surface area contributed by atoms with Crippen LogP contribution in [0.25, 0.3) is 0 Å². The summed E-state index contributed by atoms with van der Waals surface area (Å²) in [5.74, 6) is 1.85. The molecule has 0 aromatic rings. The molecule has 0 aromatic carbocycles. The second-order valence-corrected chi connectivity index (χ2v) is 5.88. The second kappa shape index (κ2) is 7.20. The van der Waals surface area contributed by atoms with Gasteiger partial charge in [-0.3, -0.25) is 0 Å². The lowest BCUT2D eigenvalue weighted by Gasteiger charge is -2.29. The Kier molecular flexibility index (Phi) is 5.57. The van der Waals surface area contributed by atoms with Crippen LogP contribution in [-0.2, 0) is 0 Å². The molecule has 2 rings (SSSR count). The summed E-state index contributed by atoms with van der Waals surface area (Å²) in [6.45, 7) is 4.69. The number of rotatable bonds is 6. The zero-order valence-corrected chi connectivity index (χ0v) is 11.5. The molecule has 0 heterocycles. The lowest BCUT2D eigenvalue weighted by molar-refractivity contribution is 0.354. The van der Waals surface area contributed by atoms with E-state index >= 15 is 0 Å². The zero-order chi connectivity index (χ0) is 11.9. The van der Waals surface area contributed by atoms with E-state index in [9.17, 15) is 0 Å². The van der Waals surface area contributed by atoms with Gasteiger partial charge in [-0.25, -0.2) is 0 Å². The molecule has 2 aliphatic carbocycles. The number of nitrogens with one attached hydrogen (secondary N) is 1. The first-order valence-corrected chi connectivity index (χ1v) is 7.81. The lowest BCUT2D eigenvalue weighted by atomic mass is 9.80. The van der Waals surface area contributed by atoms with Gasteiger partial charge >= 0.3 is 0 Å². The van der Waals surface area contributed by atoms with Crippen molar-refractivity contribution in [3.05, 3.63) is 11.6 Å². The van der Waals surface area contributed by atoms with E-state index in [0.717, 1.165) is 11.8 Å². The van der Waals surface area contributed by atoms with Crippen molar-refractivity contribution >= 4 is 0 Å². The van der Waals surface area contributed by atoms with Gasteiger partial charge in [0.1, 0.15) is 0 Å². The van der Waals surface area contributed by atoms with Gasteiger partial charge in [0.15, 0.2) is 0 Å².